The fraction of sp³-hybridized carbons (Fsp3) is 0.577. The van der Waals surface area contributed by atoms with Crippen molar-refractivity contribution in [3.8, 4) is 5.88 Å². The van der Waals surface area contributed by atoms with Crippen LogP contribution in [-0.4, -0.2) is 56.2 Å². The molecular weight excluding hydrogens is 523 g/mol. The first-order chi connectivity index (χ1) is 18.8. The van der Waals surface area contributed by atoms with Crippen LogP contribution in [0.4, 0.5) is 21.2 Å². The topological polar surface area (TPSA) is 128 Å². The molecule has 3 N–H and O–H groups in total. The number of carbonyl (C=O) groups is 2. The third-order valence-electron chi connectivity index (χ3n) is 8.15. The number of hydrogen-bond donors (Lipinski definition) is 3. The number of ether oxygens (including phenoxy) is 1. The number of carbonyl (C=O) groups excluding carboxylic acids is 2. The summed E-state index contributed by atoms with van der Waals surface area (Å²) in [6.07, 6.45) is 4.97. The Kier molecular flexibility index (Phi) is 6.77. The predicted molar refractivity (Wildman–Crippen MR) is 144 cm³/mol. The van der Waals surface area contributed by atoms with Crippen molar-refractivity contribution < 1.29 is 18.7 Å². The van der Waals surface area contributed by atoms with Gasteiger partial charge in [0, 0.05) is 36.5 Å². The van der Waals surface area contributed by atoms with E-state index in [1.807, 2.05) is 11.6 Å². The van der Waals surface area contributed by atoms with E-state index < -0.39 is 6.17 Å². The van der Waals surface area contributed by atoms with Crippen molar-refractivity contribution in [2.45, 2.75) is 57.7 Å². The van der Waals surface area contributed by atoms with Crippen LogP contribution in [0.2, 0.25) is 0 Å². The molecule has 0 unspecified atom stereocenters. The number of methoxy groups -OCH3 is 1. The Labute approximate surface area is 229 Å². The first-order valence-electron chi connectivity index (χ1n) is 13.4. The molecule has 3 aliphatic carbocycles. The molecule has 3 aliphatic rings. The minimum atomic E-state index is -0.768. The lowest BCUT2D eigenvalue weighted by Crippen LogP contribution is -2.37. The molecular formula is C26H33FN8O3S. The number of nitrogens with zero attached hydrogens (tertiary/aromatic N) is 5. The van der Waals surface area contributed by atoms with Crippen molar-refractivity contribution in [1.29, 1.82) is 0 Å². The minimum absolute atomic E-state index is 0.000495. The summed E-state index contributed by atoms with van der Waals surface area (Å²) in [5, 5.41) is 22.7. The van der Waals surface area contributed by atoms with Gasteiger partial charge in [0.1, 0.15) is 23.3 Å². The highest BCUT2D eigenvalue weighted by Crippen LogP contribution is 2.44. The Bertz CT molecular complexity index is 1390. The third kappa shape index (κ3) is 5.11. The number of thiophene rings is 1. The van der Waals surface area contributed by atoms with Gasteiger partial charge in [0.05, 0.1) is 12.7 Å². The lowest BCUT2D eigenvalue weighted by atomic mass is 9.83. The highest BCUT2D eigenvalue weighted by atomic mass is 32.1. The summed E-state index contributed by atoms with van der Waals surface area (Å²) in [5.41, 5.74) is 1.49. The van der Waals surface area contributed by atoms with Crippen molar-refractivity contribution in [1.82, 2.24) is 29.9 Å². The van der Waals surface area contributed by atoms with Crippen molar-refractivity contribution in [2.75, 3.05) is 24.3 Å². The highest BCUT2D eigenvalue weighted by Gasteiger charge is 2.40. The molecule has 2 saturated carbocycles. The number of halogens is 1. The van der Waals surface area contributed by atoms with Crippen LogP contribution in [0.25, 0.3) is 0 Å². The molecule has 2 fully saturated rings. The van der Waals surface area contributed by atoms with Crippen LogP contribution in [0, 0.1) is 17.8 Å². The summed E-state index contributed by atoms with van der Waals surface area (Å²) >= 11 is 1.50. The fourth-order valence-electron chi connectivity index (χ4n) is 5.54. The average Bonchev–Trinajstić information content (AvgIpc) is 3.20. The Morgan fingerprint density at radius 3 is 2.77 bits per heavy atom. The van der Waals surface area contributed by atoms with Gasteiger partial charge < -0.3 is 20.7 Å². The van der Waals surface area contributed by atoms with Crippen LogP contribution in [0.5, 0.6) is 5.88 Å². The molecule has 0 aliphatic heterocycles. The van der Waals surface area contributed by atoms with Gasteiger partial charge in [-0.15, -0.1) is 26.6 Å². The molecule has 3 heterocycles. The zero-order chi connectivity index (χ0) is 27.3. The Hall–Kier alpha value is -3.48. The molecule has 0 aromatic carbocycles. The van der Waals surface area contributed by atoms with Gasteiger partial charge in [0.25, 0.3) is 5.91 Å². The number of fused-ring (bicyclic) bond motifs is 1. The lowest BCUT2D eigenvalue weighted by Gasteiger charge is -2.29. The summed E-state index contributed by atoms with van der Waals surface area (Å²) in [6.45, 7) is 2.50. The van der Waals surface area contributed by atoms with Crippen molar-refractivity contribution in [2.24, 2.45) is 24.8 Å². The quantitative estimate of drug-likeness (QED) is 0.367. The maximum absolute atomic E-state index is 13.5. The van der Waals surface area contributed by atoms with Crippen LogP contribution in [0.1, 0.15) is 59.4 Å². The maximum atomic E-state index is 13.5. The van der Waals surface area contributed by atoms with Gasteiger partial charge in [-0.1, -0.05) is 6.92 Å². The number of alkyl halides is 1. The van der Waals surface area contributed by atoms with Crippen LogP contribution < -0.4 is 20.7 Å². The Balaban J connectivity index is 1.24. The monoisotopic (exact) mass is 556 g/mol. The summed E-state index contributed by atoms with van der Waals surface area (Å²) in [7, 11) is 3.37. The van der Waals surface area contributed by atoms with E-state index >= 15 is 0 Å². The van der Waals surface area contributed by atoms with Crippen molar-refractivity contribution >= 4 is 39.9 Å². The molecule has 2 amide bonds. The van der Waals surface area contributed by atoms with E-state index in [1.54, 1.807) is 24.2 Å². The molecule has 3 aromatic heterocycles. The second-order valence-corrected chi connectivity index (χ2v) is 12.0. The van der Waals surface area contributed by atoms with Gasteiger partial charge >= 0.3 is 0 Å². The summed E-state index contributed by atoms with van der Waals surface area (Å²) < 4.78 is 22.2. The highest BCUT2D eigenvalue weighted by molar-refractivity contribution is 7.17. The number of nitrogens with one attached hydrogen (secondary N) is 3. The predicted octanol–water partition coefficient (Wildman–Crippen LogP) is 3.63. The smallest absolute Gasteiger partial charge is 0.254 e. The Morgan fingerprint density at radius 2 is 2.08 bits per heavy atom. The standard InChI is InChI=1S/C26H33FN8O3S/c1-13-6-17(13)23(36)31-25-22(24(37)28-11-14-7-15(27)8-14)18-9-16(4-5-19(18)39-25)35-12-29-32-26(35)30-20-10-21(38-3)33-34(20)2/h10,12-17H,4-9,11H2,1-3H3,(H,28,37)(H,30,32)(H,31,36)/t13-,14?,15?,16-,17-/m0/s1. The Morgan fingerprint density at radius 1 is 1.28 bits per heavy atom. The van der Waals surface area contributed by atoms with Crippen LogP contribution in [-0.2, 0) is 24.7 Å². The molecule has 0 radical (unpaired) electrons. The van der Waals surface area contributed by atoms with Gasteiger partial charge in [-0.05, 0) is 55.9 Å². The summed E-state index contributed by atoms with van der Waals surface area (Å²) in [6, 6.07) is 1.79. The van der Waals surface area contributed by atoms with E-state index in [9.17, 15) is 14.0 Å². The number of aryl methyl sites for hydroxylation is 2. The molecule has 3 aromatic rings. The van der Waals surface area contributed by atoms with Crippen LogP contribution in [0.3, 0.4) is 0 Å². The van der Waals surface area contributed by atoms with E-state index in [4.69, 9.17) is 4.74 Å². The normalized spacial score (nSPS) is 25.4. The van der Waals surface area contributed by atoms with Gasteiger partial charge in [-0.25, -0.2) is 9.07 Å². The van der Waals surface area contributed by atoms with Gasteiger partial charge in [-0.3, -0.25) is 14.2 Å². The van der Waals surface area contributed by atoms with E-state index in [0.717, 1.165) is 29.7 Å². The summed E-state index contributed by atoms with van der Waals surface area (Å²) in [4.78, 5) is 27.5. The van der Waals surface area contributed by atoms with Crippen LogP contribution >= 0.6 is 11.3 Å². The molecule has 6 rings (SSSR count). The van der Waals surface area contributed by atoms with Crippen LogP contribution in [0.15, 0.2) is 12.4 Å². The molecule has 208 valence electrons. The SMILES string of the molecule is COc1cc(Nc2nncn2[C@H]2CCc3sc(NC(=O)[C@H]4C[C@@H]4C)c(C(=O)NCC4CC(F)C4)c3C2)n(C)n1. The van der Waals surface area contributed by atoms with Gasteiger partial charge in [-0.2, -0.15) is 0 Å². The largest absolute Gasteiger partial charge is 0.480 e. The van der Waals surface area contributed by atoms with Crippen molar-refractivity contribution in [3.05, 3.63) is 28.4 Å². The number of hydrogen-bond acceptors (Lipinski definition) is 8. The molecule has 0 bridgehead atoms. The lowest BCUT2D eigenvalue weighted by molar-refractivity contribution is -0.117. The number of amides is 2. The van der Waals surface area contributed by atoms with E-state index in [2.05, 4.69) is 38.2 Å². The second kappa shape index (κ2) is 10.2. The van der Waals surface area contributed by atoms with E-state index in [0.29, 0.717) is 59.9 Å². The van der Waals surface area contributed by atoms with Gasteiger partial charge in [0.15, 0.2) is 0 Å². The molecule has 39 heavy (non-hydrogen) atoms. The number of anilines is 3. The average molecular weight is 557 g/mol. The molecule has 0 saturated heterocycles. The summed E-state index contributed by atoms with van der Waals surface area (Å²) in [5.74, 6) is 2.06. The zero-order valence-corrected chi connectivity index (χ0v) is 23.1. The zero-order valence-electron chi connectivity index (χ0n) is 22.2. The van der Waals surface area contributed by atoms with Gasteiger partial charge in [0.2, 0.25) is 17.7 Å². The number of aromatic nitrogens is 5. The van der Waals surface area contributed by atoms with E-state index in [1.165, 1.54) is 11.3 Å². The first-order valence-corrected chi connectivity index (χ1v) is 14.2. The van der Waals surface area contributed by atoms with Crippen molar-refractivity contribution in [3.63, 3.8) is 0 Å². The van der Waals surface area contributed by atoms with E-state index in [-0.39, 0.29) is 29.7 Å². The first kappa shape index (κ1) is 25.8. The molecule has 0 spiro atoms. The fourth-order valence-corrected chi connectivity index (χ4v) is 6.79. The number of rotatable bonds is 9. The maximum Gasteiger partial charge on any atom is 0.254 e. The minimum Gasteiger partial charge on any atom is -0.480 e. The third-order valence-corrected chi connectivity index (χ3v) is 9.35. The molecule has 11 nitrogen and oxygen atoms in total. The molecule has 3 atom stereocenters. The second-order valence-electron chi connectivity index (χ2n) is 10.9. The molecule has 13 heteroatoms.